The van der Waals surface area contributed by atoms with Gasteiger partial charge in [0.25, 0.3) is 0 Å². The number of hydrogen-bond donors (Lipinski definition) is 0. The average Bonchev–Trinajstić information content (AvgIpc) is 3.60. The zero-order valence-corrected chi connectivity index (χ0v) is 18.0. The van der Waals surface area contributed by atoms with Gasteiger partial charge in [0.1, 0.15) is 5.82 Å². The first kappa shape index (κ1) is 20.9. The van der Waals surface area contributed by atoms with Crippen LogP contribution in [0.25, 0.3) is 0 Å². The molecule has 2 fully saturated rings. The molecule has 0 atom stereocenters. The summed E-state index contributed by atoms with van der Waals surface area (Å²) < 4.78 is 10.8. The Hall–Kier alpha value is -2.31. The topological polar surface area (TPSA) is 64.6 Å². The van der Waals surface area contributed by atoms with E-state index in [1.54, 1.807) is 7.11 Å². The van der Waals surface area contributed by atoms with Gasteiger partial charge in [0.05, 0.1) is 30.9 Å². The molecule has 2 heterocycles. The third kappa shape index (κ3) is 4.40. The van der Waals surface area contributed by atoms with E-state index < -0.39 is 0 Å². The highest BCUT2D eigenvalue weighted by Crippen LogP contribution is 2.50. The van der Waals surface area contributed by atoms with Crippen molar-refractivity contribution >= 4 is 5.91 Å². The molecule has 2 aromatic rings. The van der Waals surface area contributed by atoms with Crippen molar-refractivity contribution in [2.45, 2.75) is 50.5 Å². The molecule has 1 aliphatic heterocycles. The zero-order chi connectivity index (χ0) is 21.0. The van der Waals surface area contributed by atoms with E-state index in [9.17, 15) is 4.79 Å². The van der Waals surface area contributed by atoms with Gasteiger partial charge in [0, 0.05) is 37.9 Å². The predicted octanol–water partition coefficient (Wildman–Crippen LogP) is 3.39. The van der Waals surface area contributed by atoms with Gasteiger partial charge in [-0.3, -0.25) is 4.79 Å². The summed E-state index contributed by atoms with van der Waals surface area (Å²) in [5.74, 6) is 1.42. The molecule has 2 aliphatic rings. The number of nitrogens with zero attached hydrogens (tertiary/aromatic N) is 3. The molecule has 30 heavy (non-hydrogen) atoms. The largest absolute Gasteiger partial charge is 0.382 e. The molecule has 0 radical (unpaired) electrons. The lowest BCUT2D eigenvalue weighted by Gasteiger charge is -2.35. The fourth-order valence-electron chi connectivity index (χ4n) is 4.47. The summed E-state index contributed by atoms with van der Waals surface area (Å²) in [7, 11) is 1.67. The lowest BCUT2D eigenvalue weighted by Crippen LogP contribution is -2.43. The first-order valence-corrected chi connectivity index (χ1v) is 10.9. The van der Waals surface area contributed by atoms with Crippen molar-refractivity contribution in [2.24, 2.45) is 0 Å². The van der Waals surface area contributed by atoms with Gasteiger partial charge in [-0.05, 0) is 38.2 Å². The fraction of sp³-hybridized carbons (Fsp3) is 0.542. The molecule has 6 heteroatoms. The van der Waals surface area contributed by atoms with E-state index in [0.29, 0.717) is 31.6 Å². The maximum atomic E-state index is 13.3. The number of methoxy groups -OCH3 is 1. The van der Waals surface area contributed by atoms with E-state index in [2.05, 4.69) is 22.0 Å². The second-order valence-corrected chi connectivity index (χ2v) is 8.39. The number of ether oxygens (including phenoxy) is 2. The smallest absolute Gasteiger partial charge is 0.233 e. The Morgan fingerprint density at radius 3 is 2.57 bits per heavy atom. The van der Waals surface area contributed by atoms with Crippen molar-refractivity contribution < 1.29 is 14.3 Å². The zero-order valence-electron chi connectivity index (χ0n) is 18.0. The van der Waals surface area contributed by atoms with Crippen LogP contribution in [-0.4, -0.2) is 54.2 Å². The molecule has 4 rings (SSSR count). The van der Waals surface area contributed by atoms with Crippen molar-refractivity contribution in [2.75, 3.05) is 33.4 Å². The van der Waals surface area contributed by atoms with E-state index in [-0.39, 0.29) is 5.41 Å². The summed E-state index contributed by atoms with van der Waals surface area (Å²) in [5.41, 5.74) is 3.01. The van der Waals surface area contributed by atoms with Crippen molar-refractivity contribution in [3.8, 4) is 0 Å². The van der Waals surface area contributed by atoms with Crippen LogP contribution in [0.5, 0.6) is 0 Å². The maximum absolute atomic E-state index is 13.3. The Balaban J connectivity index is 1.40. The molecule has 1 aliphatic carbocycles. The molecule has 160 valence electrons. The molecule has 1 saturated heterocycles. The Morgan fingerprint density at radius 2 is 1.90 bits per heavy atom. The third-order valence-corrected chi connectivity index (χ3v) is 6.36. The van der Waals surface area contributed by atoms with Gasteiger partial charge < -0.3 is 14.4 Å². The van der Waals surface area contributed by atoms with Crippen LogP contribution < -0.4 is 0 Å². The maximum Gasteiger partial charge on any atom is 0.233 e. The van der Waals surface area contributed by atoms with Crippen LogP contribution in [0, 0.1) is 6.92 Å². The van der Waals surface area contributed by atoms with Gasteiger partial charge in [-0.25, -0.2) is 9.97 Å². The third-order valence-electron chi connectivity index (χ3n) is 6.36. The van der Waals surface area contributed by atoms with Gasteiger partial charge >= 0.3 is 0 Å². The number of likely N-dealkylation sites (tertiary alicyclic amines) is 1. The Kier molecular flexibility index (Phi) is 6.44. The minimum atomic E-state index is -0.278. The van der Waals surface area contributed by atoms with Crippen LogP contribution in [0.1, 0.15) is 54.2 Å². The average molecular weight is 410 g/mol. The molecule has 6 nitrogen and oxygen atoms in total. The number of amides is 1. The number of aromatic nitrogens is 2. The monoisotopic (exact) mass is 409 g/mol. The number of carbonyl (C=O) groups is 1. The van der Waals surface area contributed by atoms with E-state index in [4.69, 9.17) is 14.5 Å². The lowest BCUT2D eigenvalue weighted by atomic mass is 9.88. The number of piperidine rings is 1. The van der Waals surface area contributed by atoms with Crippen LogP contribution in [-0.2, 0) is 26.3 Å². The number of hydrogen-bond acceptors (Lipinski definition) is 5. The van der Waals surface area contributed by atoms with E-state index in [1.807, 2.05) is 31.3 Å². The quantitative estimate of drug-likeness (QED) is 0.626. The summed E-state index contributed by atoms with van der Waals surface area (Å²) >= 11 is 0. The van der Waals surface area contributed by atoms with Gasteiger partial charge in [-0.15, -0.1) is 0 Å². The standard InChI is InChI=1S/C24H31N3O3/c1-18-25-16-20(17-30-15-14-29-2)22(26-18)19-8-12-27(13-9-19)23(28)24(10-11-24)21-6-4-3-5-7-21/h3-7,16,19H,8-15,17H2,1-2H3. The van der Waals surface area contributed by atoms with E-state index in [0.717, 1.165) is 55.9 Å². The minimum absolute atomic E-state index is 0.278. The van der Waals surface area contributed by atoms with E-state index in [1.165, 1.54) is 5.56 Å². The summed E-state index contributed by atoms with van der Waals surface area (Å²) in [5, 5.41) is 0. The van der Waals surface area contributed by atoms with Crippen LogP contribution >= 0.6 is 0 Å². The van der Waals surface area contributed by atoms with Gasteiger partial charge in [0.15, 0.2) is 0 Å². The molecular weight excluding hydrogens is 378 g/mol. The summed E-state index contributed by atoms with van der Waals surface area (Å²) in [6.45, 7) is 5.12. The first-order chi connectivity index (χ1) is 14.6. The van der Waals surface area contributed by atoms with Crippen LogP contribution in [0.4, 0.5) is 0 Å². The molecule has 1 aromatic carbocycles. The first-order valence-electron chi connectivity index (χ1n) is 10.9. The second kappa shape index (κ2) is 9.23. The molecule has 0 spiro atoms. The van der Waals surface area contributed by atoms with Crippen molar-refractivity contribution in [3.63, 3.8) is 0 Å². The van der Waals surface area contributed by atoms with Crippen LogP contribution in [0.2, 0.25) is 0 Å². The highest BCUT2D eigenvalue weighted by Gasteiger charge is 2.53. The van der Waals surface area contributed by atoms with E-state index >= 15 is 0 Å². The Labute approximate surface area is 178 Å². The summed E-state index contributed by atoms with van der Waals surface area (Å²) in [6.07, 6.45) is 5.67. The summed E-state index contributed by atoms with van der Waals surface area (Å²) in [6, 6.07) is 10.3. The Bertz CT molecular complexity index is 859. The van der Waals surface area contributed by atoms with Crippen molar-refractivity contribution in [1.82, 2.24) is 14.9 Å². The fourth-order valence-corrected chi connectivity index (χ4v) is 4.47. The molecule has 1 aromatic heterocycles. The van der Waals surface area contributed by atoms with Gasteiger partial charge in [-0.1, -0.05) is 30.3 Å². The van der Waals surface area contributed by atoms with Crippen LogP contribution in [0.3, 0.4) is 0 Å². The highest BCUT2D eigenvalue weighted by atomic mass is 16.5. The van der Waals surface area contributed by atoms with Gasteiger partial charge in [0.2, 0.25) is 5.91 Å². The normalized spacial score (nSPS) is 18.4. The lowest BCUT2D eigenvalue weighted by molar-refractivity contribution is -0.135. The Morgan fingerprint density at radius 1 is 1.17 bits per heavy atom. The summed E-state index contributed by atoms with van der Waals surface area (Å²) in [4.78, 5) is 24.5. The molecule has 1 saturated carbocycles. The van der Waals surface area contributed by atoms with Crippen molar-refractivity contribution in [1.29, 1.82) is 0 Å². The van der Waals surface area contributed by atoms with Crippen molar-refractivity contribution in [3.05, 3.63) is 59.2 Å². The number of rotatable bonds is 8. The SMILES string of the molecule is COCCOCc1cnc(C)nc1C1CCN(C(=O)C2(c3ccccc3)CC2)CC1. The number of aryl methyl sites for hydroxylation is 1. The molecule has 0 bridgehead atoms. The molecule has 0 unspecified atom stereocenters. The molecule has 1 amide bonds. The number of benzene rings is 1. The highest BCUT2D eigenvalue weighted by molar-refractivity contribution is 5.91. The number of carbonyl (C=O) groups excluding carboxylic acids is 1. The minimum Gasteiger partial charge on any atom is -0.382 e. The molecular formula is C24H31N3O3. The second-order valence-electron chi connectivity index (χ2n) is 8.39. The van der Waals surface area contributed by atoms with Crippen LogP contribution in [0.15, 0.2) is 36.5 Å². The van der Waals surface area contributed by atoms with Gasteiger partial charge in [-0.2, -0.15) is 0 Å². The molecule has 0 N–H and O–H groups in total. The predicted molar refractivity (Wildman–Crippen MR) is 114 cm³/mol.